The largest absolute Gasteiger partial charge is 0.494 e. The van der Waals surface area contributed by atoms with E-state index in [0.717, 1.165) is 24.7 Å². The predicted octanol–water partition coefficient (Wildman–Crippen LogP) is 5.66. The van der Waals surface area contributed by atoms with Crippen molar-refractivity contribution in [2.75, 3.05) is 11.9 Å². The van der Waals surface area contributed by atoms with Crippen molar-refractivity contribution in [1.29, 1.82) is 5.26 Å². The summed E-state index contributed by atoms with van der Waals surface area (Å²) in [6, 6.07) is 14.7. The summed E-state index contributed by atoms with van der Waals surface area (Å²) < 4.78 is 11.2. The molecular formula is C25H26N2O4. The fraction of sp³-hybridized carbons (Fsp3) is 0.320. The molecule has 6 heteroatoms. The molecule has 3 rings (SSSR count). The lowest BCUT2D eigenvalue weighted by Crippen LogP contribution is -2.13. The summed E-state index contributed by atoms with van der Waals surface area (Å²) in [5.41, 5.74) is 0.627. The molecule has 0 unspecified atom stereocenters. The number of hydrogen-bond acceptors (Lipinski definition) is 5. The van der Waals surface area contributed by atoms with Gasteiger partial charge >= 0.3 is 0 Å². The van der Waals surface area contributed by atoms with E-state index < -0.39 is 0 Å². The summed E-state index contributed by atoms with van der Waals surface area (Å²) in [5, 5.41) is 12.1. The zero-order chi connectivity index (χ0) is 22.1. The van der Waals surface area contributed by atoms with Gasteiger partial charge in [-0.2, -0.15) is 5.26 Å². The van der Waals surface area contributed by atoms with Gasteiger partial charge in [-0.05, 0) is 42.8 Å². The van der Waals surface area contributed by atoms with E-state index in [0.29, 0.717) is 23.2 Å². The van der Waals surface area contributed by atoms with Crippen molar-refractivity contribution >= 4 is 22.6 Å². The monoisotopic (exact) mass is 418 g/mol. The Morgan fingerprint density at radius 1 is 1.06 bits per heavy atom. The van der Waals surface area contributed by atoms with E-state index in [2.05, 4.69) is 12.2 Å². The van der Waals surface area contributed by atoms with Gasteiger partial charge in [-0.15, -0.1) is 0 Å². The minimum absolute atomic E-state index is 0.105. The second-order valence-electron chi connectivity index (χ2n) is 7.36. The van der Waals surface area contributed by atoms with Crippen LogP contribution in [0.15, 0.2) is 57.7 Å². The van der Waals surface area contributed by atoms with Gasteiger partial charge in [-0.1, -0.05) is 45.1 Å². The third-order valence-corrected chi connectivity index (χ3v) is 5.00. The smallest absolute Gasteiger partial charge is 0.255 e. The lowest BCUT2D eigenvalue weighted by molar-refractivity contribution is 0.102. The van der Waals surface area contributed by atoms with Crippen LogP contribution in [0.1, 0.15) is 61.6 Å². The summed E-state index contributed by atoms with van der Waals surface area (Å²) in [6.07, 6.45) is 7.22. The highest BCUT2D eigenvalue weighted by Gasteiger charge is 2.13. The number of carbonyl (C=O) groups excluding carboxylic acids is 1. The van der Waals surface area contributed by atoms with Gasteiger partial charge in [0.05, 0.1) is 17.7 Å². The summed E-state index contributed by atoms with van der Waals surface area (Å²) in [4.78, 5) is 24.8. The fourth-order valence-corrected chi connectivity index (χ4v) is 3.30. The van der Waals surface area contributed by atoms with Crippen LogP contribution in [0.2, 0.25) is 0 Å². The summed E-state index contributed by atoms with van der Waals surface area (Å²) in [6.45, 7) is 2.87. The number of amides is 1. The Hall–Kier alpha value is -3.59. The summed E-state index contributed by atoms with van der Waals surface area (Å²) >= 11 is 0. The van der Waals surface area contributed by atoms with Crippen LogP contribution in [-0.4, -0.2) is 12.5 Å². The van der Waals surface area contributed by atoms with Crippen molar-refractivity contribution in [1.82, 2.24) is 0 Å². The van der Waals surface area contributed by atoms with Crippen molar-refractivity contribution in [3.63, 3.8) is 0 Å². The van der Waals surface area contributed by atoms with Crippen LogP contribution in [0, 0.1) is 11.3 Å². The molecule has 0 fully saturated rings. The van der Waals surface area contributed by atoms with E-state index in [9.17, 15) is 9.59 Å². The first-order chi connectivity index (χ1) is 15.1. The molecule has 0 radical (unpaired) electrons. The fourth-order valence-electron chi connectivity index (χ4n) is 3.30. The number of benzene rings is 2. The Kier molecular flexibility index (Phi) is 7.83. The second-order valence-corrected chi connectivity index (χ2v) is 7.36. The molecule has 6 nitrogen and oxygen atoms in total. The van der Waals surface area contributed by atoms with Crippen LogP contribution in [0.25, 0.3) is 11.0 Å². The van der Waals surface area contributed by atoms with Crippen molar-refractivity contribution in [3.8, 4) is 11.8 Å². The number of ether oxygens (including phenoxy) is 1. The molecule has 1 heterocycles. The Labute approximate surface area is 181 Å². The molecule has 0 saturated carbocycles. The molecule has 160 valence electrons. The normalized spacial score (nSPS) is 10.6. The second kappa shape index (κ2) is 11.0. The number of nitrogens with one attached hydrogen (secondary N) is 1. The third kappa shape index (κ3) is 5.95. The SMILES string of the molecule is CCCCCCCCOc1ccc(C(=O)Nc2cccc3c(=O)cc(C#N)oc23)cc1. The van der Waals surface area contributed by atoms with Crippen LogP contribution in [0.5, 0.6) is 5.75 Å². The lowest BCUT2D eigenvalue weighted by Gasteiger charge is -2.09. The quantitative estimate of drug-likeness (QED) is 0.429. The average molecular weight is 418 g/mol. The van der Waals surface area contributed by atoms with Crippen LogP contribution in [0.3, 0.4) is 0 Å². The molecule has 1 aromatic heterocycles. The first kappa shape index (κ1) is 22.1. The number of rotatable bonds is 10. The molecule has 0 aliphatic carbocycles. The van der Waals surface area contributed by atoms with Crippen LogP contribution >= 0.6 is 0 Å². The maximum atomic E-state index is 12.7. The zero-order valence-electron chi connectivity index (χ0n) is 17.6. The molecule has 0 bridgehead atoms. The Balaban J connectivity index is 1.61. The van der Waals surface area contributed by atoms with Crippen molar-refractivity contribution < 1.29 is 13.9 Å². The number of nitriles is 1. The number of fused-ring (bicyclic) bond motifs is 1. The molecule has 2 aromatic carbocycles. The molecule has 0 spiro atoms. The van der Waals surface area contributed by atoms with E-state index in [1.165, 1.54) is 25.7 Å². The van der Waals surface area contributed by atoms with E-state index in [1.54, 1.807) is 42.5 Å². The van der Waals surface area contributed by atoms with Crippen LogP contribution in [-0.2, 0) is 0 Å². The van der Waals surface area contributed by atoms with Crippen molar-refractivity contribution in [2.45, 2.75) is 45.4 Å². The van der Waals surface area contributed by atoms with E-state index in [4.69, 9.17) is 14.4 Å². The molecule has 1 amide bonds. The van der Waals surface area contributed by atoms with Gasteiger partial charge in [0.2, 0.25) is 5.76 Å². The van der Waals surface area contributed by atoms with Crippen LogP contribution in [0.4, 0.5) is 5.69 Å². The number of anilines is 1. The molecule has 31 heavy (non-hydrogen) atoms. The number of para-hydroxylation sites is 1. The van der Waals surface area contributed by atoms with Gasteiger partial charge < -0.3 is 14.5 Å². The maximum absolute atomic E-state index is 12.7. The van der Waals surface area contributed by atoms with Crippen molar-refractivity contribution in [2.24, 2.45) is 0 Å². The summed E-state index contributed by atoms with van der Waals surface area (Å²) in [5.74, 6) is 0.269. The number of carbonyl (C=O) groups is 1. The average Bonchev–Trinajstić information content (AvgIpc) is 2.79. The Bertz CT molecular complexity index is 1130. The van der Waals surface area contributed by atoms with Crippen molar-refractivity contribution in [3.05, 3.63) is 70.1 Å². The van der Waals surface area contributed by atoms with Gasteiger partial charge in [-0.3, -0.25) is 9.59 Å². The van der Waals surface area contributed by atoms with Gasteiger partial charge in [0.25, 0.3) is 5.91 Å². The van der Waals surface area contributed by atoms with Crippen LogP contribution < -0.4 is 15.5 Å². The molecule has 0 aliphatic rings. The maximum Gasteiger partial charge on any atom is 0.255 e. The first-order valence-electron chi connectivity index (χ1n) is 10.6. The first-order valence-corrected chi connectivity index (χ1v) is 10.6. The number of hydrogen-bond donors (Lipinski definition) is 1. The van der Waals surface area contributed by atoms with E-state index >= 15 is 0 Å². The van der Waals surface area contributed by atoms with E-state index in [1.807, 2.05) is 6.07 Å². The van der Waals surface area contributed by atoms with Gasteiger partial charge in [0, 0.05) is 11.6 Å². The Morgan fingerprint density at radius 2 is 1.81 bits per heavy atom. The molecule has 0 saturated heterocycles. The van der Waals surface area contributed by atoms with Gasteiger partial charge in [0.1, 0.15) is 11.8 Å². The van der Waals surface area contributed by atoms with E-state index in [-0.39, 0.29) is 22.7 Å². The topological polar surface area (TPSA) is 92.3 Å². The Morgan fingerprint density at radius 3 is 2.55 bits per heavy atom. The molecular weight excluding hydrogens is 392 g/mol. The standard InChI is InChI=1S/C25H26N2O4/c1-2-3-4-5-6-7-15-30-19-13-11-18(12-14-19)25(29)27-22-10-8-9-21-23(28)16-20(17-26)31-24(21)22/h8-14,16H,2-7,15H2,1H3,(H,27,29). The minimum Gasteiger partial charge on any atom is -0.494 e. The highest BCUT2D eigenvalue weighted by molar-refractivity contribution is 6.07. The molecule has 1 N–H and O–H groups in total. The highest BCUT2D eigenvalue weighted by Crippen LogP contribution is 2.23. The highest BCUT2D eigenvalue weighted by atomic mass is 16.5. The molecule has 0 aliphatic heterocycles. The predicted molar refractivity (Wildman–Crippen MR) is 120 cm³/mol. The third-order valence-electron chi connectivity index (χ3n) is 5.00. The van der Waals surface area contributed by atoms with Gasteiger partial charge in [-0.25, -0.2) is 0 Å². The lowest BCUT2D eigenvalue weighted by atomic mass is 10.1. The minimum atomic E-state index is -0.347. The number of nitrogens with zero attached hydrogens (tertiary/aromatic N) is 1. The molecule has 3 aromatic rings. The summed E-state index contributed by atoms with van der Waals surface area (Å²) in [7, 11) is 0. The zero-order valence-corrected chi connectivity index (χ0v) is 17.6. The number of unbranched alkanes of at least 4 members (excludes halogenated alkanes) is 5. The van der Waals surface area contributed by atoms with Gasteiger partial charge in [0.15, 0.2) is 11.0 Å². The molecule has 0 atom stereocenters.